The Hall–Kier alpha value is -3.15. The third kappa shape index (κ3) is 4.91. The van der Waals surface area contributed by atoms with Gasteiger partial charge in [-0.25, -0.2) is 9.97 Å². The van der Waals surface area contributed by atoms with Gasteiger partial charge in [-0.2, -0.15) is 0 Å². The second-order valence-electron chi connectivity index (χ2n) is 5.60. The third-order valence-corrected chi connectivity index (χ3v) is 3.69. The predicted octanol–water partition coefficient (Wildman–Crippen LogP) is 3.41. The molecule has 0 aliphatic carbocycles. The molecular formula is C19H21N5O. The van der Waals surface area contributed by atoms with Crippen LogP contribution in [0.2, 0.25) is 0 Å². The Kier molecular flexibility index (Phi) is 5.41. The van der Waals surface area contributed by atoms with E-state index >= 15 is 0 Å². The molecule has 3 rings (SSSR count). The molecule has 0 saturated carbocycles. The topological polar surface area (TPSA) is 72.0 Å². The maximum absolute atomic E-state index is 5.17. The minimum atomic E-state index is 0.685. The van der Waals surface area contributed by atoms with Gasteiger partial charge in [0.15, 0.2) is 0 Å². The number of ether oxygens (including phenoxy) is 1. The molecule has 6 heteroatoms. The predicted molar refractivity (Wildman–Crippen MR) is 98.7 cm³/mol. The molecule has 0 atom stereocenters. The maximum atomic E-state index is 5.17. The Balaban J connectivity index is 1.62. The Morgan fingerprint density at radius 3 is 1.96 bits per heavy atom. The van der Waals surface area contributed by atoms with Crippen LogP contribution in [0.15, 0.2) is 54.9 Å². The van der Waals surface area contributed by atoms with E-state index in [9.17, 15) is 0 Å². The van der Waals surface area contributed by atoms with Gasteiger partial charge in [-0.3, -0.25) is 4.98 Å². The highest BCUT2D eigenvalue weighted by molar-refractivity contribution is 5.48. The number of nitrogens with zero attached hydrogens (tertiary/aromatic N) is 3. The molecule has 2 heterocycles. The summed E-state index contributed by atoms with van der Waals surface area (Å²) in [6.45, 7) is 3.26. The van der Waals surface area contributed by atoms with E-state index in [-0.39, 0.29) is 0 Å². The van der Waals surface area contributed by atoms with Crippen molar-refractivity contribution < 1.29 is 4.74 Å². The minimum Gasteiger partial charge on any atom is -0.497 e. The number of anilines is 2. The molecule has 0 aliphatic rings. The van der Waals surface area contributed by atoms with Gasteiger partial charge in [-0.1, -0.05) is 12.1 Å². The fraction of sp³-hybridized carbons (Fsp3) is 0.211. The van der Waals surface area contributed by atoms with Crippen molar-refractivity contribution in [1.82, 2.24) is 15.0 Å². The summed E-state index contributed by atoms with van der Waals surface area (Å²) < 4.78 is 5.17. The van der Waals surface area contributed by atoms with Crippen molar-refractivity contribution in [2.75, 3.05) is 17.7 Å². The first-order valence-electron chi connectivity index (χ1n) is 8.08. The lowest BCUT2D eigenvalue weighted by molar-refractivity contribution is 0.414. The van der Waals surface area contributed by atoms with Crippen LogP contribution in [0.5, 0.6) is 5.75 Å². The average Bonchev–Trinajstić information content (AvgIpc) is 2.66. The van der Waals surface area contributed by atoms with Gasteiger partial charge in [0.05, 0.1) is 7.11 Å². The number of hydrogen-bond donors (Lipinski definition) is 2. The highest BCUT2D eigenvalue weighted by Gasteiger charge is 2.03. The van der Waals surface area contributed by atoms with Crippen LogP contribution in [0, 0.1) is 6.92 Å². The van der Waals surface area contributed by atoms with Crippen LogP contribution in [0.3, 0.4) is 0 Å². The molecule has 0 aliphatic heterocycles. The van der Waals surface area contributed by atoms with Crippen molar-refractivity contribution in [3.63, 3.8) is 0 Å². The van der Waals surface area contributed by atoms with Crippen LogP contribution < -0.4 is 15.4 Å². The number of aryl methyl sites for hydroxylation is 1. The van der Waals surface area contributed by atoms with E-state index < -0.39 is 0 Å². The number of rotatable bonds is 7. The molecule has 0 spiro atoms. The first-order valence-corrected chi connectivity index (χ1v) is 8.08. The van der Waals surface area contributed by atoms with Crippen molar-refractivity contribution in [2.24, 2.45) is 0 Å². The number of pyridine rings is 1. The summed E-state index contributed by atoms with van der Waals surface area (Å²) in [5.74, 6) is 3.16. The van der Waals surface area contributed by atoms with Crippen molar-refractivity contribution in [3.05, 3.63) is 71.8 Å². The first kappa shape index (κ1) is 16.7. The Labute approximate surface area is 147 Å². The van der Waals surface area contributed by atoms with Crippen LogP contribution in [0.25, 0.3) is 0 Å². The SMILES string of the molecule is COc1ccc(CNc2cc(NCc3ccncc3)nc(C)n2)cc1. The largest absolute Gasteiger partial charge is 0.497 e. The molecule has 0 fully saturated rings. The summed E-state index contributed by atoms with van der Waals surface area (Å²) in [5, 5.41) is 6.66. The van der Waals surface area contributed by atoms with Crippen LogP contribution in [0.4, 0.5) is 11.6 Å². The number of methoxy groups -OCH3 is 1. The highest BCUT2D eigenvalue weighted by atomic mass is 16.5. The van der Waals surface area contributed by atoms with Crippen molar-refractivity contribution in [2.45, 2.75) is 20.0 Å². The third-order valence-electron chi connectivity index (χ3n) is 3.69. The molecule has 0 unspecified atom stereocenters. The standard InChI is InChI=1S/C19H21N5O/c1-14-23-18(21-12-15-3-5-17(25-2)6-4-15)11-19(24-14)22-13-16-7-9-20-10-8-16/h3-11H,12-13H2,1-2H3,(H2,21,22,23,24). The molecule has 6 nitrogen and oxygen atoms in total. The molecule has 0 amide bonds. The van der Waals surface area contributed by atoms with Crippen LogP contribution in [-0.2, 0) is 13.1 Å². The quantitative estimate of drug-likeness (QED) is 0.689. The highest BCUT2D eigenvalue weighted by Crippen LogP contribution is 2.15. The van der Waals surface area contributed by atoms with E-state index in [1.54, 1.807) is 19.5 Å². The van der Waals surface area contributed by atoms with E-state index in [1.165, 1.54) is 0 Å². The van der Waals surface area contributed by atoms with E-state index in [1.807, 2.05) is 49.4 Å². The van der Waals surface area contributed by atoms with E-state index in [0.717, 1.165) is 34.3 Å². The zero-order valence-corrected chi connectivity index (χ0v) is 14.4. The average molecular weight is 335 g/mol. The van der Waals surface area contributed by atoms with Gasteiger partial charge in [0.25, 0.3) is 0 Å². The van der Waals surface area contributed by atoms with Gasteiger partial charge in [0, 0.05) is 31.5 Å². The lowest BCUT2D eigenvalue weighted by Crippen LogP contribution is -2.07. The van der Waals surface area contributed by atoms with E-state index in [2.05, 4.69) is 25.6 Å². The Bertz CT molecular complexity index is 806. The lowest BCUT2D eigenvalue weighted by Gasteiger charge is -2.10. The van der Waals surface area contributed by atoms with Gasteiger partial charge in [0.1, 0.15) is 23.2 Å². The zero-order chi connectivity index (χ0) is 17.5. The summed E-state index contributed by atoms with van der Waals surface area (Å²) in [6.07, 6.45) is 3.56. The Morgan fingerprint density at radius 2 is 1.40 bits per heavy atom. The zero-order valence-electron chi connectivity index (χ0n) is 14.4. The molecule has 0 saturated heterocycles. The second-order valence-corrected chi connectivity index (χ2v) is 5.60. The van der Waals surface area contributed by atoms with E-state index in [4.69, 9.17) is 4.74 Å². The first-order chi connectivity index (χ1) is 12.2. The molecule has 25 heavy (non-hydrogen) atoms. The normalized spacial score (nSPS) is 10.3. The van der Waals surface area contributed by atoms with Crippen molar-refractivity contribution in [3.8, 4) is 5.75 Å². The van der Waals surface area contributed by atoms with Gasteiger partial charge in [-0.05, 0) is 42.3 Å². The molecular weight excluding hydrogens is 314 g/mol. The molecule has 2 aromatic heterocycles. The van der Waals surface area contributed by atoms with Crippen LogP contribution >= 0.6 is 0 Å². The second kappa shape index (κ2) is 8.10. The minimum absolute atomic E-state index is 0.685. The van der Waals surface area contributed by atoms with Gasteiger partial charge < -0.3 is 15.4 Å². The molecule has 0 bridgehead atoms. The van der Waals surface area contributed by atoms with Gasteiger partial charge in [-0.15, -0.1) is 0 Å². The summed E-state index contributed by atoms with van der Waals surface area (Å²) in [7, 11) is 1.66. The molecule has 2 N–H and O–H groups in total. The lowest BCUT2D eigenvalue weighted by atomic mass is 10.2. The summed E-state index contributed by atoms with van der Waals surface area (Å²) in [4.78, 5) is 12.9. The molecule has 128 valence electrons. The number of hydrogen-bond acceptors (Lipinski definition) is 6. The fourth-order valence-electron chi connectivity index (χ4n) is 2.38. The maximum Gasteiger partial charge on any atom is 0.132 e. The molecule has 0 radical (unpaired) electrons. The molecule has 3 aromatic rings. The summed E-state index contributed by atoms with van der Waals surface area (Å²) in [5.41, 5.74) is 2.31. The van der Waals surface area contributed by atoms with E-state index in [0.29, 0.717) is 13.1 Å². The van der Waals surface area contributed by atoms with Crippen LogP contribution in [0.1, 0.15) is 17.0 Å². The number of nitrogens with one attached hydrogen (secondary N) is 2. The monoisotopic (exact) mass is 335 g/mol. The molecule has 1 aromatic carbocycles. The van der Waals surface area contributed by atoms with Crippen molar-refractivity contribution in [1.29, 1.82) is 0 Å². The summed E-state index contributed by atoms with van der Waals surface area (Å²) in [6, 6.07) is 13.8. The smallest absolute Gasteiger partial charge is 0.132 e. The number of aromatic nitrogens is 3. The Morgan fingerprint density at radius 1 is 0.840 bits per heavy atom. The summed E-state index contributed by atoms with van der Waals surface area (Å²) >= 11 is 0. The fourth-order valence-corrected chi connectivity index (χ4v) is 2.38. The van der Waals surface area contributed by atoms with Crippen molar-refractivity contribution >= 4 is 11.6 Å². The van der Waals surface area contributed by atoms with Crippen LogP contribution in [-0.4, -0.2) is 22.1 Å². The van der Waals surface area contributed by atoms with Gasteiger partial charge in [0.2, 0.25) is 0 Å². The number of benzene rings is 1. The van der Waals surface area contributed by atoms with Gasteiger partial charge >= 0.3 is 0 Å².